The number of carbonyl (C=O) groups is 1. The molecule has 0 radical (unpaired) electrons. The van der Waals surface area contributed by atoms with Gasteiger partial charge in [0.2, 0.25) is 5.91 Å². The number of primary amides is 1. The van der Waals surface area contributed by atoms with Gasteiger partial charge >= 0.3 is 0 Å². The number of nitrogens with two attached hydrogens (primary N) is 1. The number of hydrogen-bond donors (Lipinski definition) is 1. The molecule has 20 heavy (non-hydrogen) atoms. The van der Waals surface area contributed by atoms with Crippen molar-refractivity contribution in [1.82, 2.24) is 0 Å². The number of amides is 1. The topological polar surface area (TPSA) is 43.1 Å². The predicted molar refractivity (Wildman–Crippen MR) is 79.0 cm³/mol. The summed E-state index contributed by atoms with van der Waals surface area (Å²) in [6.45, 7) is 0. The maximum atomic E-state index is 11.8. The van der Waals surface area contributed by atoms with E-state index in [2.05, 4.69) is 30.3 Å². The molecule has 106 valence electrons. The molecule has 0 unspecified atom stereocenters. The van der Waals surface area contributed by atoms with Crippen LogP contribution in [0.4, 0.5) is 0 Å². The van der Waals surface area contributed by atoms with Crippen molar-refractivity contribution in [2.45, 2.75) is 43.9 Å². The zero-order valence-electron chi connectivity index (χ0n) is 11.9. The van der Waals surface area contributed by atoms with Crippen LogP contribution in [0.25, 0.3) is 0 Å². The first-order chi connectivity index (χ1) is 9.68. The molecular weight excluding hydrogens is 246 g/mol. The lowest BCUT2D eigenvalue weighted by Gasteiger charge is -2.61. The van der Waals surface area contributed by atoms with E-state index < -0.39 is 0 Å². The molecule has 2 nitrogen and oxygen atoms in total. The number of rotatable bonds is 3. The maximum Gasteiger partial charge on any atom is 0.218 e. The largest absolute Gasteiger partial charge is 0.370 e. The zero-order chi connectivity index (χ0) is 13.7. The molecule has 4 aliphatic carbocycles. The first kappa shape index (κ1) is 12.4. The molecule has 0 aliphatic heterocycles. The fourth-order valence-corrected chi connectivity index (χ4v) is 5.92. The maximum absolute atomic E-state index is 11.8. The minimum absolute atomic E-state index is 0.0422. The van der Waals surface area contributed by atoms with Gasteiger partial charge in [-0.15, -0.1) is 0 Å². The molecule has 1 aromatic rings. The van der Waals surface area contributed by atoms with Gasteiger partial charge in [-0.25, -0.2) is 0 Å². The third kappa shape index (κ3) is 1.66. The van der Waals surface area contributed by atoms with Crippen LogP contribution in [0.1, 0.15) is 44.1 Å². The van der Waals surface area contributed by atoms with E-state index in [9.17, 15) is 4.79 Å². The summed E-state index contributed by atoms with van der Waals surface area (Å²) >= 11 is 0. The molecule has 5 rings (SSSR count). The van der Waals surface area contributed by atoms with Crippen LogP contribution >= 0.6 is 0 Å². The second kappa shape index (κ2) is 4.34. The first-order valence-electron chi connectivity index (χ1n) is 8.02. The van der Waals surface area contributed by atoms with Crippen molar-refractivity contribution < 1.29 is 4.79 Å². The Morgan fingerprint density at radius 1 is 1.00 bits per heavy atom. The lowest BCUT2D eigenvalue weighted by molar-refractivity contribution is -0.126. The van der Waals surface area contributed by atoms with Gasteiger partial charge in [-0.05, 0) is 61.3 Å². The highest BCUT2D eigenvalue weighted by atomic mass is 16.1. The molecule has 0 aromatic heterocycles. The Labute approximate surface area is 120 Å². The standard InChI is InChI=1S/C18H23NO/c19-17(20)11-18(14-4-2-1-3-5-14)15-7-12-6-13(9-15)10-16(18)8-12/h1-5,12-13,15-16H,6-11H2,(H2,19,20). The van der Waals surface area contributed by atoms with E-state index in [1.165, 1.54) is 37.7 Å². The fraction of sp³-hybridized carbons (Fsp3) is 0.611. The predicted octanol–water partition coefficient (Wildman–Crippen LogP) is 3.26. The lowest BCUT2D eigenvalue weighted by atomic mass is 9.43. The minimum atomic E-state index is -0.124. The van der Waals surface area contributed by atoms with Gasteiger partial charge in [0.15, 0.2) is 0 Å². The first-order valence-corrected chi connectivity index (χ1v) is 8.02. The summed E-state index contributed by atoms with van der Waals surface area (Å²) < 4.78 is 0. The molecule has 0 saturated heterocycles. The van der Waals surface area contributed by atoms with Crippen LogP contribution in [-0.4, -0.2) is 5.91 Å². The van der Waals surface area contributed by atoms with E-state index in [4.69, 9.17) is 5.73 Å². The highest BCUT2D eigenvalue weighted by molar-refractivity contribution is 5.76. The monoisotopic (exact) mass is 269 g/mol. The van der Waals surface area contributed by atoms with Crippen molar-refractivity contribution in [2.24, 2.45) is 29.4 Å². The van der Waals surface area contributed by atoms with E-state index in [-0.39, 0.29) is 11.3 Å². The van der Waals surface area contributed by atoms with E-state index in [1.54, 1.807) is 0 Å². The van der Waals surface area contributed by atoms with Crippen molar-refractivity contribution in [3.8, 4) is 0 Å². The fourth-order valence-electron chi connectivity index (χ4n) is 5.92. The summed E-state index contributed by atoms with van der Waals surface area (Å²) in [6.07, 6.45) is 7.24. The quantitative estimate of drug-likeness (QED) is 0.899. The summed E-state index contributed by atoms with van der Waals surface area (Å²) in [4.78, 5) is 11.8. The third-order valence-electron chi connectivity index (χ3n) is 6.37. The van der Waals surface area contributed by atoms with E-state index in [0.29, 0.717) is 18.3 Å². The molecule has 4 fully saturated rings. The van der Waals surface area contributed by atoms with Gasteiger partial charge in [0, 0.05) is 11.8 Å². The highest BCUT2D eigenvalue weighted by Crippen LogP contribution is 2.63. The molecule has 4 aliphatic rings. The summed E-state index contributed by atoms with van der Waals surface area (Å²) in [5.41, 5.74) is 7.07. The average molecular weight is 269 g/mol. The lowest BCUT2D eigenvalue weighted by Crippen LogP contribution is -2.56. The van der Waals surface area contributed by atoms with Gasteiger partial charge in [0.25, 0.3) is 0 Å². The van der Waals surface area contributed by atoms with Crippen LogP contribution in [0.5, 0.6) is 0 Å². The van der Waals surface area contributed by atoms with Crippen molar-refractivity contribution in [2.75, 3.05) is 0 Å². The van der Waals surface area contributed by atoms with Gasteiger partial charge in [-0.1, -0.05) is 30.3 Å². The molecule has 0 spiro atoms. The molecule has 2 N–H and O–H groups in total. The van der Waals surface area contributed by atoms with Crippen LogP contribution in [0.2, 0.25) is 0 Å². The minimum Gasteiger partial charge on any atom is -0.370 e. The summed E-state index contributed by atoms with van der Waals surface area (Å²) in [5.74, 6) is 3.06. The SMILES string of the molecule is NC(=O)CC1(c2ccccc2)C2CC3CC(C2)CC1C3. The second-order valence-electron chi connectivity index (χ2n) is 7.35. The van der Waals surface area contributed by atoms with Gasteiger partial charge in [-0.2, -0.15) is 0 Å². The Morgan fingerprint density at radius 2 is 1.55 bits per heavy atom. The molecule has 0 atom stereocenters. The van der Waals surface area contributed by atoms with Crippen LogP contribution < -0.4 is 5.73 Å². The normalized spacial score (nSPS) is 41.8. The van der Waals surface area contributed by atoms with E-state index >= 15 is 0 Å². The van der Waals surface area contributed by atoms with Crippen molar-refractivity contribution >= 4 is 5.91 Å². The Morgan fingerprint density at radius 3 is 2.05 bits per heavy atom. The van der Waals surface area contributed by atoms with Crippen molar-refractivity contribution in [3.05, 3.63) is 35.9 Å². The molecule has 2 heteroatoms. The Hall–Kier alpha value is -1.31. The summed E-state index contributed by atoms with van der Waals surface area (Å²) in [5, 5.41) is 0. The van der Waals surface area contributed by atoms with E-state index in [1.807, 2.05) is 0 Å². The summed E-state index contributed by atoms with van der Waals surface area (Å²) in [6, 6.07) is 10.8. The molecule has 1 aromatic carbocycles. The average Bonchev–Trinajstić information content (AvgIpc) is 2.43. The van der Waals surface area contributed by atoms with Gasteiger partial charge < -0.3 is 5.73 Å². The summed E-state index contributed by atoms with van der Waals surface area (Å²) in [7, 11) is 0. The van der Waals surface area contributed by atoms with Crippen LogP contribution in [0.15, 0.2) is 30.3 Å². The molecular formula is C18H23NO. The zero-order valence-corrected chi connectivity index (χ0v) is 11.9. The Bertz CT molecular complexity index is 493. The van der Waals surface area contributed by atoms with Crippen molar-refractivity contribution in [1.29, 1.82) is 0 Å². The Balaban J connectivity index is 1.81. The molecule has 4 saturated carbocycles. The molecule has 0 heterocycles. The van der Waals surface area contributed by atoms with Crippen LogP contribution in [0.3, 0.4) is 0 Å². The van der Waals surface area contributed by atoms with Gasteiger partial charge in [0.05, 0.1) is 0 Å². The van der Waals surface area contributed by atoms with Crippen molar-refractivity contribution in [3.63, 3.8) is 0 Å². The van der Waals surface area contributed by atoms with Gasteiger partial charge in [-0.3, -0.25) is 4.79 Å². The number of benzene rings is 1. The molecule has 4 bridgehead atoms. The second-order valence-corrected chi connectivity index (χ2v) is 7.35. The van der Waals surface area contributed by atoms with Crippen LogP contribution in [-0.2, 0) is 10.2 Å². The third-order valence-corrected chi connectivity index (χ3v) is 6.37. The van der Waals surface area contributed by atoms with Crippen LogP contribution in [0, 0.1) is 23.7 Å². The number of hydrogen-bond acceptors (Lipinski definition) is 1. The Kier molecular flexibility index (Phi) is 2.70. The number of carbonyl (C=O) groups excluding carboxylic acids is 1. The molecule has 1 amide bonds. The smallest absolute Gasteiger partial charge is 0.218 e. The van der Waals surface area contributed by atoms with E-state index in [0.717, 1.165) is 11.8 Å². The van der Waals surface area contributed by atoms with Gasteiger partial charge in [0.1, 0.15) is 0 Å². The highest BCUT2D eigenvalue weighted by Gasteiger charge is 2.58.